The van der Waals surface area contributed by atoms with Crippen molar-refractivity contribution in [3.63, 3.8) is 0 Å². The van der Waals surface area contributed by atoms with Crippen molar-refractivity contribution >= 4 is 50.6 Å². The van der Waals surface area contributed by atoms with Crippen molar-refractivity contribution in [1.29, 1.82) is 0 Å². The van der Waals surface area contributed by atoms with E-state index in [4.69, 9.17) is 9.97 Å². The zero-order valence-electron chi connectivity index (χ0n) is 30.5. The van der Waals surface area contributed by atoms with Crippen molar-refractivity contribution < 1.29 is 0 Å². The SMILES string of the molecule is c1ccc(-c2nc(-c3cccc([Si](c4ccccc4)(c4ccccc4)c4ccccc4)c3)nc3c2-c2ccccc2-c2cccc4c5ccccc5n-3c24)cc1. The quantitative estimate of drug-likeness (QED) is 0.126. The molecule has 2 aromatic heterocycles. The third-order valence-corrected chi connectivity index (χ3v) is 16.3. The molecule has 0 saturated heterocycles. The minimum absolute atomic E-state index is 0.698. The van der Waals surface area contributed by atoms with Crippen LogP contribution in [0.1, 0.15) is 0 Å². The summed E-state index contributed by atoms with van der Waals surface area (Å²) in [6.07, 6.45) is 0. The maximum absolute atomic E-state index is 5.68. The normalized spacial score (nSPS) is 11.9. The van der Waals surface area contributed by atoms with Gasteiger partial charge >= 0.3 is 0 Å². The van der Waals surface area contributed by atoms with Gasteiger partial charge in [-0.1, -0.05) is 206 Å². The second kappa shape index (κ2) is 13.0. The molecule has 1 aliphatic heterocycles. The number of fused-ring (bicyclic) bond motifs is 8. The molecule has 0 radical (unpaired) electrons. The summed E-state index contributed by atoms with van der Waals surface area (Å²) in [5, 5.41) is 7.70. The molecule has 0 fully saturated rings. The van der Waals surface area contributed by atoms with Gasteiger partial charge in [0.1, 0.15) is 5.82 Å². The number of benzene rings is 8. The monoisotopic (exact) mass is 729 g/mol. The average molecular weight is 730 g/mol. The second-order valence-corrected chi connectivity index (χ2v) is 18.3. The highest BCUT2D eigenvalue weighted by Gasteiger charge is 2.41. The maximum atomic E-state index is 5.68. The minimum atomic E-state index is -2.80. The van der Waals surface area contributed by atoms with Gasteiger partial charge in [-0.15, -0.1) is 0 Å². The van der Waals surface area contributed by atoms with Crippen LogP contribution in [0.5, 0.6) is 0 Å². The third kappa shape index (κ3) is 4.83. The first-order valence-electron chi connectivity index (χ1n) is 19.2. The Bertz CT molecular complexity index is 2970. The fraction of sp³-hybridized carbons (Fsp3) is 0. The fourth-order valence-electron chi connectivity index (χ4n) is 9.14. The summed E-state index contributed by atoms with van der Waals surface area (Å²) in [6.45, 7) is 0. The Morgan fingerprint density at radius 3 is 1.55 bits per heavy atom. The van der Waals surface area contributed by atoms with E-state index in [1.165, 1.54) is 48.2 Å². The maximum Gasteiger partial charge on any atom is 0.179 e. The van der Waals surface area contributed by atoms with Gasteiger partial charge in [-0.05, 0) is 37.9 Å². The molecule has 10 aromatic rings. The Labute approximate surface area is 326 Å². The van der Waals surface area contributed by atoms with Gasteiger partial charge in [0.2, 0.25) is 0 Å². The van der Waals surface area contributed by atoms with Crippen LogP contribution in [0, 0.1) is 0 Å². The van der Waals surface area contributed by atoms with Crippen LogP contribution in [0.2, 0.25) is 0 Å². The Hall–Kier alpha value is -7.14. The van der Waals surface area contributed by atoms with Crippen molar-refractivity contribution in [3.05, 3.63) is 212 Å². The molecule has 0 atom stereocenters. The lowest BCUT2D eigenvalue weighted by molar-refractivity contribution is 1.05. The number of hydrogen-bond donors (Lipinski definition) is 0. The van der Waals surface area contributed by atoms with E-state index in [1.54, 1.807) is 0 Å². The lowest BCUT2D eigenvalue weighted by atomic mass is 9.92. The van der Waals surface area contributed by atoms with Crippen LogP contribution >= 0.6 is 0 Å². The molecule has 0 saturated carbocycles. The predicted octanol–water partition coefficient (Wildman–Crippen LogP) is 9.93. The van der Waals surface area contributed by atoms with Crippen LogP contribution in [-0.2, 0) is 0 Å². The number of aromatic nitrogens is 3. The lowest BCUT2D eigenvalue weighted by Crippen LogP contribution is -2.74. The number of nitrogens with zero attached hydrogens (tertiary/aromatic N) is 3. The van der Waals surface area contributed by atoms with E-state index >= 15 is 0 Å². The van der Waals surface area contributed by atoms with E-state index < -0.39 is 8.07 Å². The zero-order chi connectivity index (χ0) is 37.1. The minimum Gasteiger partial charge on any atom is -0.292 e. The van der Waals surface area contributed by atoms with E-state index in [-0.39, 0.29) is 0 Å². The van der Waals surface area contributed by atoms with Crippen molar-refractivity contribution in [3.8, 4) is 50.7 Å². The molecule has 0 N–H and O–H groups in total. The Morgan fingerprint density at radius 1 is 0.375 bits per heavy atom. The molecule has 3 heterocycles. The van der Waals surface area contributed by atoms with Crippen LogP contribution in [0.4, 0.5) is 0 Å². The summed E-state index contributed by atoms with van der Waals surface area (Å²) in [5.41, 5.74) is 9.79. The lowest BCUT2D eigenvalue weighted by Gasteiger charge is -2.34. The van der Waals surface area contributed by atoms with E-state index in [0.29, 0.717) is 5.82 Å². The molecule has 0 aliphatic carbocycles. The van der Waals surface area contributed by atoms with Crippen molar-refractivity contribution in [1.82, 2.24) is 14.5 Å². The summed E-state index contributed by atoms with van der Waals surface area (Å²) < 4.78 is 2.40. The van der Waals surface area contributed by atoms with Crippen LogP contribution in [-0.4, -0.2) is 22.6 Å². The summed E-state index contributed by atoms with van der Waals surface area (Å²) in [7, 11) is -2.80. The standard InChI is InChI=1S/C52H35N3Si/c1-5-19-36(20-6-1)49-48-44-31-14-13-29-42(44)45-32-18-33-46-43-30-15-16-34-47(43)55(50(45)46)52(48)54-51(53-49)37-21-17-28-41(35-37)56(38-22-7-2-8-23-38,39-24-9-3-10-25-39)40-26-11-4-12-27-40/h1-35H. The number of para-hydroxylation sites is 2. The molecule has 0 amide bonds. The van der Waals surface area contributed by atoms with E-state index in [9.17, 15) is 0 Å². The highest BCUT2D eigenvalue weighted by molar-refractivity contribution is 7.19. The molecule has 3 nitrogen and oxygen atoms in total. The van der Waals surface area contributed by atoms with E-state index in [2.05, 4.69) is 217 Å². The molecule has 56 heavy (non-hydrogen) atoms. The highest BCUT2D eigenvalue weighted by atomic mass is 28.3. The summed E-state index contributed by atoms with van der Waals surface area (Å²) in [4.78, 5) is 11.3. The first-order valence-corrected chi connectivity index (χ1v) is 21.2. The van der Waals surface area contributed by atoms with Crippen LogP contribution in [0.3, 0.4) is 0 Å². The van der Waals surface area contributed by atoms with Crippen LogP contribution in [0.15, 0.2) is 212 Å². The van der Waals surface area contributed by atoms with Gasteiger partial charge in [0.05, 0.1) is 22.3 Å². The molecule has 8 aromatic carbocycles. The number of hydrogen-bond acceptors (Lipinski definition) is 2. The topological polar surface area (TPSA) is 30.7 Å². The predicted molar refractivity (Wildman–Crippen MR) is 235 cm³/mol. The fourth-order valence-corrected chi connectivity index (χ4v) is 13.9. The van der Waals surface area contributed by atoms with E-state index in [1.807, 2.05) is 0 Å². The first kappa shape index (κ1) is 32.3. The van der Waals surface area contributed by atoms with Gasteiger partial charge in [-0.3, -0.25) is 4.57 Å². The zero-order valence-corrected chi connectivity index (χ0v) is 31.5. The molecular formula is C52H35N3Si. The van der Waals surface area contributed by atoms with Gasteiger partial charge in [-0.2, -0.15) is 0 Å². The Morgan fingerprint density at radius 2 is 0.875 bits per heavy atom. The number of rotatable bonds is 6. The third-order valence-electron chi connectivity index (χ3n) is 11.5. The molecule has 11 rings (SSSR count). The van der Waals surface area contributed by atoms with Gasteiger partial charge < -0.3 is 0 Å². The van der Waals surface area contributed by atoms with Crippen molar-refractivity contribution in [2.45, 2.75) is 0 Å². The van der Waals surface area contributed by atoms with Crippen molar-refractivity contribution in [2.24, 2.45) is 0 Å². The summed E-state index contributed by atoms with van der Waals surface area (Å²) in [6, 6.07) is 77.1. The van der Waals surface area contributed by atoms with Gasteiger partial charge in [0, 0.05) is 27.5 Å². The second-order valence-electron chi connectivity index (χ2n) is 14.5. The average Bonchev–Trinajstić information content (AvgIpc) is 3.56. The summed E-state index contributed by atoms with van der Waals surface area (Å²) >= 11 is 0. The highest BCUT2D eigenvalue weighted by Crippen LogP contribution is 2.48. The molecule has 0 bridgehead atoms. The molecule has 0 unspecified atom stereocenters. The van der Waals surface area contributed by atoms with Gasteiger partial charge in [0.15, 0.2) is 13.9 Å². The molecule has 262 valence electrons. The van der Waals surface area contributed by atoms with Gasteiger partial charge in [0.25, 0.3) is 0 Å². The largest absolute Gasteiger partial charge is 0.292 e. The molecule has 4 heteroatoms. The van der Waals surface area contributed by atoms with E-state index in [0.717, 1.165) is 39.3 Å². The molecule has 1 aliphatic rings. The van der Waals surface area contributed by atoms with Crippen molar-refractivity contribution in [2.75, 3.05) is 0 Å². The smallest absolute Gasteiger partial charge is 0.179 e. The first-order chi connectivity index (χ1) is 27.8. The van der Waals surface area contributed by atoms with Gasteiger partial charge in [-0.25, -0.2) is 9.97 Å². The summed E-state index contributed by atoms with van der Waals surface area (Å²) in [5.74, 6) is 1.59. The van der Waals surface area contributed by atoms with Crippen LogP contribution < -0.4 is 20.7 Å². The Kier molecular flexibility index (Phi) is 7.51. The molecular weight excluding hydrogens is 695 g/mol. The molecule has 0 spiro atoms. The van der Waals surface area contributed by atoms with Crippen LogP contribution in [0.25, 0.3) is 72.5 Å². The Balaban J connectivity index is 1.25.